The molecule has 0 N–H and O–H groups in total. The van der Waals surface area contributed by atoms with Crippen molar-refractivity contribution in [2.24, 2.45) is 5.10 Å². The van der Waals surface area contributed by atoms with Crippen molar-refractivity contribution in [3.05, 3.63) is 48.3 Å². The molecule has 7 heteroatoms. The molecule has 3 heterocycles. The zero-order chi connectivity index (χ0) is 13.5. The van der Waals surface area contributed by atoms with Gasteiger partial charge in [0.15, 0.2) is 0 Å². The number of furan rings is 2. The molecule has 2 aromatic heterocycles. The number of sulfonamides is 1. The van der Waals surface area contributed by atoms with Crippen molar-refractivity contribution in [2.45, 2.75) is 12.5 Å². The van der Waals surface area contributed by atoms with Crippen LogP contribution in [-0.4, -0.2) is 24.8 Å². The normalized spacial score (nSPS) is 19.7. The summed E-state index contributed by atoms with van der Waals surface area (Å²) in [6.45, 7) is 0. The number of rotatable bonds is 3. The van der Waals surface area contributed by atoms with Crippen molar-refractivity contribution in [1.29, 1.82) is 0 Å². The topological polar surface area (TPSA) is 76.0 Å². The molecule has 0 bridgehead atoms. The molecular formula is C12H12N2O4S. The Morgan fingerprint density at radius 1 is 1.26 bits per heavy atom. The third-order valence-electron chi connectivity index (χ3n) is 2.89. The Labute approximate surface area is 110 Å². The monoisotopic (exact) mass is 280 g/mol. The first-order valence-electron chi connectivity index (χ1n) is 5.70. The molecule has 6 nitrogen and oxygen atoms in total. The molecule has 100 valence electrons. The van der Waals surface area contributed by atoms with E-state index in [2.05, 4.69) is 5.10 Å². The number of hydrogen-bond acceptors (Lipinski definition) is 5. The van der Waals surface area contributed by atoms with Crippen LogP contribution in [0.3, 0.4) is 0 Å². The fourth-order valence-electron chi connectivity index (χ4n) is 2.08. The SMILES string of the molecule is CS(=O)(=O)N1N=C(c2ccco2)C[C@@H]1c1ccco1. The Morgan fingerprint density at radius 2 is 2.00 bits per heavy atom. The second-order valence-corrected chi connectivity index (χ2v) is 6.14. The Balaban J connectivity index is 2.00. The minimum absolute atomic E-state index is 0.425. The lowest BCUT2D eigenvalue weighted by atomic mass is 10.1. The first kappa shape index (κ1) is 12.0. The van der Waals surface area contributed by atoms with Crippen LogP contribution < -0.4 is 0 Å². The molecule has 0 spiro atoms. The van der Waals surface area contributed by atoms with Crippen LogP contribution in [0, 0.1) is 0 Å². The predicted molar refractivity (Wildman–Crippen MR) is 68.0 cm³/mol. The third kappa shape index (κ3) is 2.17. The average Bonchev–Trinajstić information content (AvgIpc) is 3.09. The van der Waals surface area contributed by atoms with Crippen molar-refractivity contribution in [1.82, 2.24) is 4.41 Å². The largest absolute Gasteiger partial charge is 0.467 e. The molecule has 0 aromatic carbocycles. The van der Waals surface area contributed by atoms with Crippen LogP contribution in [-0.2, 0) is 10.0 Å². The van der Waals surface area contributed by atoms with E-state index in [9.17, 15) is 8.42 Å². The maximum absolute atomic E-state index is 11.8. The average molecular weight is 280 g/mol. The smallest absolute Gasteiger partial charge is 0.247 e. The molecule has 19 heavy (non-hydrogen) atoms. The molecule has 2 aromatic rings. The van der Waals surface area contributed by atoms with Gasteiger partial charge < -0.3 is 8.83 Å². The van der Waals surface area contributed by atoms with Gasteiger partial charge in [-0.2, -0.15) is 9.52 Å². The minimum atomic E-state index is -3.46. The van der Waals surface area contributed by atoms with E-state index in [1.165, 1.54) is 12.5 Å². The maximum Gasteiger partial charge on any atom is 0.247 e. The predicted octanol–water partition coefficient (Wildman–Crippen LogP) is 1.98. The highest BCUT2D eigenvalue weighted by Gasteiger charge is 2.36. The van der Waals surface area contributed by atoms with E-state index in [-0.39, 0.29) is 0 Å². The molecule has 0 saturated heterocycles. The van der Waals surface area contributed by atoms with Crippen LogP contribution >= 0.6 is 0 Å². The minimum Gasteiger partial charge on any atom is -0.467 e. The summed E-state index contributed by atoms with van der Waals surface area (Å²) >= 11 is 0. The second kappa shape index (κ2) is 4.27. The zero-order valence-electron chi connectivity index (χ0n) is 10.2. The number of hydrogen-bond donors (Lipinski definition) is 0. The van der Waals surface area contributed by atoms with Crippen molar-refractivity contribution >= 4 is 15.7 Å². The Kier molecular flexibility index (Phi) is 2.70. The van der Waals surface area contributed by atoms with Gasteiger partial charge in [-0.1, -0.05) is 0 Å². The van der Waals surface area contributed by atoms with Crippen LogP contribution in [0.25, 0.3) is 0 Å². The summed E-state index contributed by atoms with van der Waals surface area (Å²) in [5, 5.41) is 4.15. The van der Waals surface area contributed by atoms with Gasteiger partial charge in [0.05, 0.1) is 18.8 Å². The maximum atomic E-state index is 11.8. The van der Waals surface area contributed by atoms with Gasteiger partial charge in [0.2, 0.25) is 10.0 Å². The van der Waals surface area contributed by atoms with E-state index < -0.39 is 16.1 Å². The van der Waals surface area contributed by atoms with E-state index in [0.29, 0.717) is 23.7 Å². The lowest BCUT2D eigenvalue weighted by molar-refractivity contribution is 0.322. The summed E-state index contributed by atoms with van der Waals surface area (Å²) in [5.74, 6) is 1.14. The first-order chi connectivity index (χ1) is 9.05. The van der Waals surface area contributed by atoms with Crippen LogP contribution in [0.1, 0.15) is 24.0 Å². The highest BCUT2D eigenvalue weighted by Crippen LogP contribution is 2.34. The van der Waals surface area contributed by atoms with Crippen LogP contribution in [0.15, 0.2) is 50.7 Å². The molecule has 1 atom stereocenters. The highest BCUT2D eigenvalue weighted by molar-refractivity contribution is 7.88. The zero-order valence-corrected chi connectivity index (χ0v) is 11.0. The van der Waals surface area contributed by atoms with Crippen LogP contribution in [0.5, 0.6) is 0 Å². The molecule has 0 aliphatic carbocycles. The first-order valence-corrected chi connectivity index (χ1v) is 7.55. The van der Waals surface area contributed by atoms with Crippen LogP contribution in [0.2, 0.25) is 0 Å². The van der Waals surface area contributed by atoms with Gasteiger partial charge in [-0.3, -0.25) is 0 Å². The summed E-state index contributed by atoms with van der Waals surface area (Å²) in [6.07, 6.45) is 4.59. The highest BCUT2D eigenvalue weighted by atomic mass is 32.2. The van der Waals surface area contributed by atoms with E-state index >= 15 is 0 Å². The van der Waals surface area contributed by atoms with Gasteiger partial charge in [-0.15, -0.1) is 0 Å². The summed E-state index contributed by atoms with van der Waals surface area (Å²) in [6, 6.07) is 6.50. The molecule has 0 amide bonds. The third-order valence-corrected chi connectivity index (χ3v) is 3.91. The molecule has 0 fully saturated rings. The molecule has 0 saturated carbocycles. The lowest BCUT2D eigenvalue weighted by Crippen LogP contribution is -2.25. The lowest BCUT2D eigenvalue weighted by Gasteiger charge is -2.18. The van der Waals surface area contributed by atoms with Crippen molar-refractivity contribution < 1.29 is 17.3 Å². The summed E-state index contributed by atoms with van der Waals surface area (Å²) < 4.78 is 35.2. The fraction of sp³-hybridized carbons (Fsp3) is 0.250. The quantitative estimate of drug-likeness (QED) is 0.861. The van der Waals surface area contributed by atoms with Gasteiger partial charge >= 0.3 is 0 Å². The van der Waals surface area contributed by atoms with Crippen LogP contribution in [0.4, 0.5) is 0 Å². The molecule has 0 radical (unpaired) electrons. The van der Waals surface area contributed by atoms with E-state index in [4.69, 9.17) is 8.83 Å². The second-order valence-electron chi connectivity index (χ2n) is 4.29. The molecule has 1 aliphatic heterocycles. The molecule has 3 rings (SSSR count). The van der Waals surface area contributed by atoms with Gasteiger partial charge in [0.1, 0.15) is 23.3 Å². The van der Waals surface area contributed by atoms with Crippen molar-refractivity contribution in [3.8, 4) is 0 Å². The van der Waals surface area contributed by atoms with E-state index in [1.54, 1.807) is 24.3 Å². The summed E-state index contributed by atoms with van der Waals surface area (Å²) in [4.78, 5) is 0. The number of nitrogens with zero attached hydrogens (tertiary/aromatic N) is 2. The summed E-state index contributed by atoms with van der Waals surface area (Å²) in [7, 11) is -3.46. The molecule has 0 unspecified atom stereocenters. The van der Waals surface area contributed by atoms with E-state index in [0.717, 1.165) is 10.7 Å². The van der Waals surface area contributed by atoms with Gasteiger partial charge in [-0.05, 0) is 24.3 Å². The summed E-state index contributed by atoms with van der Waals surface area (Å²) in [5.41, 5.74) is 0.594. The van der Waals surface area contributed by atoms with Crippen molar-refractivity contribution in [3.63, 3.8) is 0 Å². The van der Waals surface area contributed by atoms with E-state index in [1.807, 2.05) is 0 Å². The molecule has 1 aliphatic rings. The van der Waals surface area contributed by atoms with Gasteiger partial charge in [0.25, 0.3) is 0 Å². The number of hydrazone groups is 1. The fourth-order valence-corrected chi connectivity index (χ4v) is 2.97. The van der Waals surface area contributed by atoms with Crippen molar-refractivity contribution in [2.75, 3.05) is 6.26 Å². The van der Waals surface area contributed by atoms with Gasteiger partial charge in [-0.25, -0.2) is 8.42 Å². The Morgan fingerprint density at radius 3 is 2.58 bits per heavy atom. The van der Waals surface area contributed by atoms with Gasteiger partial charge in [0, 0.05) is 6.42 Å². The standard InChI is InChI=1S/C12H12N2O4S/c1-19(15,16)14-10(12-5-3-7-18-12)8-9(13-14)11-4-2-6-17-11/h2-7,10H,8H2,1H3/t10-/m1/s1. The Hall–Kier alpha value is -2.02. The molecular weight excluding hydrogens is 268 g/mol. The Bertz CT molecular complexity index is 686.